The molecule has 1 fully saturated rings. The van der Waals surface area contributed by atoms with Crippen LogP contribution in [0.15, 0.2) is 48.7 Å². The average molecular weight is 606 g/mol. The Bertz CT molecular complexity index is 1340. The molecule has 0 radical (unpaired) electrons. The normalized spacial score (nSPS) is 19.0. The number of carbonyl (C=O) groups is 2. The monoisotopic (exact) mass is 605 g/mol. The summed E-state index contributed by atoms with van der Waals surface area (Å²) in [5, 5.41) is 9.27. The van der Waals surface area contributed by atoms with Gasteiger partial charge in [0.25, 0.3) is 0 Å². The van der Waals surface area contributed by atoms with Crippen LogP contribution in [0.2, 0.25) is 18.1 Å². The molecule has 4 heterocycles. The number of pyridine rings is 1. The molecule has 1 atom stereocenters. The minimum absolute atomic E-state index is 0.0439. The molecule has 3 aliphatic rings. The SMILES string of the molecule is CC(C)(C)[Si](C)(C)OC(CN1CCc2ccccc2C1)CN1CCN(Cc2ccc(C3=CCN(C(=O)O)CC3)cn2)C1=O. The lowest BCUT2D eigenvalue weighted by Crippen LogP contribution is -2.51. The lowest BCUT2D eigenvalue weighted by molar-refractivity contribution is 0.0878. The molecule has 10 heteroatoms. The first-order valence-electron chi connectivity index (χ1n) is 15.5. The van der Waals surface area contributed by atoms with Gasteiger partial charge in [0, 0.05) is 58.6 Å². The lowest BCUT2D eigenvalue weighted by Gasteiger charge is -2.42. The highest BCUT2D eigenvalue weighted by atomic mass is 28.4. The molecule has 0 aliphatic carbocycles. The summed E-state index contributed by atoms with van der Waals surface area (Å²) >= 11 is 0. The van der Waals surface area contributed by atoms with E-state index in [0.717, 1.165) is 42.9 Å². The van der Waals surface area contributed by atoms with E-state index >= 15 is 0 Å². The molecule has 0 bridgehead atoms. The first-order chi connectivity index (χ1) is 20.4. The maximum Gasteiger partial charge on any atom is 0.407 e. The molecular weight excluding hydrogens is 558 g/mol. The van der Waals surface area contributed by atoms with Crippen molar-refractivity contribution in [2.24, 2.45) is 0 Å². The van der Waals surface area contributed by atoms with Crippen molar-refractivity contribution in [1.82, 2.24) is 24.6 Å². The van der Waals surface area contributed by atoms with Crippen LogP contribution < -0.4 is 0 Å². The first kappa shape index (κ1) is 31.2. The molecule has 0 saturated carbocycles. The van der Waals surface area contributed by atoms with Gasteiger partial charge in [0.1, 0.15) is 0 Å². The molecular formula is C33H47N5O4Si. The average Bonchev–Trinajstić information content (AvgIpc) is 3.30. The highest BCUT2D eigenvalue weighted by Crippen LogP contribution is 2.38. The molecule has 1 saturated heterocycles. The van der Waals surface area contributed by atoms with E-state index in [0.29, 0.717) is 45.7 Å². The second-order valence-electron chi connectivity index (χ2n) is 13.7. The van der Waals surface area contributed by atoms with Gasteiger partial charge in [-0.3, -0.25) is 9.88 Å². The van der Waals surface area contributed by atoms with E-state index in [1.54, 1.807) is 0 Å². The topological polar surface area (TPSA) is 89.5 Å². The van der Waals surface area contributed by atoms with Gasteiger partial charge in [0.2, 0.25) is 0 Å². The van der Waals surface area contributed by atoms with Gasteiger partial charge in [-0.1, -0.05) is 57.2 Å². The van der Waals surface area contributed by atoms with Gasteiger partial charge in [0.15, 0.2) is 8.32 Å². The first-order valence-corrected chi connectivity index (χ1v) is 18.4. The molecule has 1 N–H and O–H groups in total. The van der Waals surface area contributed by atoms with Crippen LogP contribution >= 0.6 is 0 Å². The van der Waals surface area contributed by atoms with Crippen LogP contribution in [0, 0.1) is 0 Å². The second-order valence-corrected chi connectivity index (χ2v) is 18.4. The predicted octanol–water partition coefficient (Wildman–Crippen LogP) is 5.54. The Morgan fingerprint density at radius 2 is 1.74 bits per heavy atom. The summed E-state index contributed by atoms with van der Waals surface area (Å²) in [5.41, 5.74) is 5.80. The third-order valence-electron chi connectivity index (χ3n) is 9.57. The van der Waals surface area contributed by atoms with E-state index in [2.05, 4.69) is 68.0 Å². The van der Waals surface area contributed by atoms with Crippen LogP contribution in [0.25, 0.3) is 5.57 Å². The largest absolute Gasteiger partial charge is 0.465 e. The number of nitrogens with zero attached hydrogens (tertiary/aromatic N) is 5. The standard InChI is InChI=1S/C33H47N5O4Si/c1-33(2,3)43(4,5)42-30(23-35-15-12-25-8-6-7-9-28(25)21-35)24-38-19-18-37(31(38)39)22-29-11-10-27(20-34-29)26-13-16-36(17-14-26)32(40)41/h6-11,13,20,30H,12,14-19,21-24H2,1-5H3,(H,40,41). The maximum atomic E-state index is 13.6. The molecule has 43 heavy (non-hydrogen) atoms. The number of hydrogen-bond donors (Lipinski definition) is 1. The smallest absolute Gasteiger partial charge is 0.407 e. The van der Waals surface area contributed by atoms with Crippen molar-refractivity contribution in [2.75, 3.05) is 45.8 Å². The molecule has 1 unspecified atom stereocenters. The van der Waals surface area contributed by atoms with Gasteiger partial charge in [-0.25, -0.2) is 9.59 Å². The van der Waals surface area contributed by atoms with E-state index in [-0.39, 0.29) is 17.2 Å². The summed E-state index contributed by atoms with van der Waals surface area (Å²) in [7, 11) is -2.05. The molecule has 2 aromatic rings. The summed E-state index contributed by atoms with van der Waals surface area (Å²) in [6.45, 7) is 17.4. The number of urea groups is 1. The summed E-state index contributed by atoms with van der Waals surface area (Å²) in [4.78, 5) is 37.2. The fraction of sp³-hybridized carbons (Fsp3) is 0.545. The molecule has 0 spiro atoms. The quantitative estimate of drug-likeness (QED) is 0.378. The van der Waals surface area contributed by atoms with Crippen LogP contribution in [-0.2, 0) is 23.9 Å². The van der Waals surface area contributed by atoms with Crippen molar-refractivity contribution in [1.29, 1.82) is 0 Å². The molecule has 232 valence electrons. The number of hydrogen-bond acceptors (Lipinski definition) is 5. The Morgan fingerprint density at radius 1 is 1.00 bits per heavy atom. The van der Waals surface area contributed by atoms with Crippen molar-refractivity contribution < 1.29 is 19.1 Å². The van der Waals surface area contributed by atoms with Gasteiger partial charge < -0.3 is 24.2 Å². The van der Waals surface area contributed by atoms with Crippen molar-refractivity contribution in [3.63, 3.8) is 0 Å². The molecule has 9 nitrogen and oxygen atoms in total. The Labute approximate surface area is 257 Å². The summed E-state index contributed by atoms with van der Waals surface area (Å²) in [6.07, 6.45) is 4.59. The van der Waals surface area contributed by atoms with Crippen LogP contribution in [-0.4, -0.2) is 102 Å². The number of amides is 3. The van der Waals surface area contributed by atoms with Crippen LogP contribution in [0.4, 0.5) is 9.59 Å². The van der Waals surface area contributed by atoms with E-state index in [4.69, 9.17) is 4.43 Å². The number of aromatic nitrogens is 1. The maximum absolute atomic E-state index is 13.6. The van der Waals surface area contributed by atoms with Crippen LogP contribution in [0.3, 0.4) is 0 Å². The molecule has 3 aliphatic heterocycles. The summed E-state index contributed by atoms with van der Waals surface area (Å²) in [5.74, 6) is 0. The van der Waals surface area contributed by atoms with Gasteiger partial charge in [-0.2, -0.15) is 0 Å². The van der Waals surface area contributed by atoms with E-state index < -0.39 is 14.4 Å². The minimum atomic E-state index is -2.05. The van der Waals surface area contributed by atoms with Gasteiger partial charge >= 0.3 is 12.1 Å². The fourth-order valence-corrected chi connectivity index (χ4v) is 7.26. The number of fused-ring (bicyclic) bond motifs is 1. The second kappa shape index (κ2) is 12.8. The van der Waals surface area contributed by atoms with Crippen molar-refractivity contribution in [3.8, 4) is 0 Å². The third-order valence-corrected chi connectivity index (χ3v) is 14.1. The van der Waals surface area contributed by atoms with Crippen molar-refractivity contribution in [3.05, 3.63) is 71.1 Å². The summed E-state index contributed by atoms with van der Waals surface area (Å²) < 4.78 is 6.98. The van der Waals surface area contributed by atoms with Crippen molar-refractivity contribution in [2.45, 2.75) is 70.9 Å². The summed E-state index contributed by atoms with van der Waals surface area (Å²) in [6, 6.07) is 12.8. The molecule has 3 amide bonds. The highest BCUT2D eigenvalue weighted by molar-refractivity contribution is 6.74. The zero-order valence-electron chi connectivity index (χ0n) is 26.4. The molecule has 1 aromatic carbocycles. The van der Waals surface area contributed by atoms with Gasteiger partial charge in [-0.05, 0) is 59.3 Å². The number of carbonyl (C=O) groups excluding carboxylic acids is 1. The number of carboxylic acid groups (broad SMARTS) is 1. The van der Waals surface area contributed by atoms with Gasteiger partial charge in [-0.15, -0.1) is 0 Å². The van der Waals surface area contributed by atoms with E-state index in [1.807, 2.05) is 34.2 Å². The number of benzene rings is 1. The predicted molar refractivity (Wildman–Crippen MR) is 171 cm³/mol. The van der Waals surface area contributed by atoms with E-state index in [9.17, 15) is 14.7 Å². The van der Waals surface area contributed by atoms with Gasteiger partial charge in [0.05, 0.1) is 18.3 Å². The molecule has 1 aromatic heterocycles. The Kier molecular flexibility index (Phi) is 9.29. The van der Waals surface area contributed by atoms with E-state index in [1.165, 1.54) is 16.0 Å². The lowest BCUT2D eigenvalue weighted by atomic mass is 10.00. The third kappa shape index (κ3) is 7.48. The van der Waals surface area contributed by atoms with Crippen LogP contribution in [0.1, 0.15) is 49.6 Å². The van der Waals surface area contributed by atoms with Crippen LogP contribution in [0.5, 0.6) is 0 Å². The minimum Gasteiger partial charge on any atom is -0.465 e. The molecule has 5 rings (SSSR count). The Balaban J connectivity index is 1.21. The highest BCUT2D eigenvalue weighted by Gasteiger charge is 2.41. The zero-order valence-corrected chi connectivity index (χ0v) is 27.4. The number of rotatable bonds is 9. The Hall–Kier alpha value is -3.21. The zero-order chi connectivity index (χ0) is 30.8. The van der Waals surface area contributed by atoms with Crippen molar-refractivity contribution >= 4 is 26.0 Å². The Morgan fingerprint density at radius 3 is 2.40 bits per heavy atom. The fourth-order valence-electron chi connectivity index (χ4n) is 5.93.